The van der Waals surface area contributed by atoms with E-state index in [1.54, 1.807) is 13.0 Å². The molecule has 3 rings (SSSR count). The molecule has 0 spiro atoms. The third-order valence-corrected chi connectivity index (χ3v) is 6.33. The summed E-state index contributed by atoms with van der Waals surface area (Å²) in [6, 6.07) is 14.1. The van der Waals surface area contributed by atoms with Gasteiger partial charge in [-0.15, -0.1) is 0 Å². The predicted octanol–water partition coefficient (Wildman–Crippen LogP) is 3.87. The maximum Gasteiger partial charge on any atom is 0.410 e. The number of fused-ring (bicyclic) bond motifs is 1. The average Bonchev–Trinajstić information content (AvgIpc) is 2.78. The first-order chi connectivity index (χ1) is 15.1. The van der Waals surface area contributed by atoms with Crippen molar-refractivity contribution in [1.29, 1.82) is 15.8 Å². The monoisotopic (exact) mass is 429 g/mol. The highest BCUT2D eigenvalue weighted by atomic mass is 16.6. The molecule has 7 nitrogen and oxygen atoms in total. The summed E-state index contributed by atoms with van der Waals surface area (Å²) in [6.45, 7) is 8.79. The molecule has 32 heavy (non-hydrogen) atoms. The van der Waals surface area contributed by atoms with Crippen LogP contribution in [-0.2, 0) is 10.2 Å². The van der Waals surface area contributed by atoms with Crippen LogP contribution in [0, 0.1) is 45.3 Å². The second-order valence-electron chi connectivity index (χ2n) is 9.15. The molecule has 0 bridgehead atoms. The van der Waals surface area contributed by atoms with Crippen LogP contribution in [0.4, 0.5) is 4.79 Å². The number of nitriles is 3. The summed E-state index contributed by atoms with van der Waals surface area (Å²) in [6.07, 6.45) is 1.32. The zero-order valence-corrected chi connectivity index (χ0v) is 18.8. The van der Waals surface area contributed by atoms with Crippen LogP contribution in [0.3, 0.4) is 0 Å². The Morgan fingerprint density at radius 3 is 2.34 bits per heavy atom. The van der Waals surface area contributed by atoms with E-state index in [1.165, 1.54) is 4.90 Å². The van der Waals surface area contributed by atoms with Crippen molar-refractivity contribution in [3.8, 4) is 18.2 Å². The molecule has 0 unspecified atom stereocenters. The summed E-state index contributed by atoms with van der Waals surface area (Å²) in [5.41, 5.74) is 7.23. The van der Waals surface area contributed by atoms with Crippen LogP contribution in [0.15, 0.2) is 47.2 Å². The molecule has 2 N–H and O–H groups in total. The molecule has 0 radical (unpaired) electrons. The lowest BCUT2D eigenvalue weighted by molar-refractivity contribution is 0.0999. The minimum Gasteiger partial charge on any atom is -0.450 e. The van der Waals surface area contributed by atoms with Crippen LogP contribution >= 0.6 is 0 Å². The SMILES string of the molecule is CCOC(=O)N1CC=C2C(C#N)=C(N)C(C#N)(C#N)[C@H](c3ccc(C(C)(C)C)cc3)[C@H]2C1. The van der Waals surface area contributed by atoms with Gasteiger partial charge in [-0.2, -0.15) is 15.8 Å². The van der Waals surface area contributed by atoms with Crippen LogP contribution in [-0.4, -0.2) is 30.7 Å². The minimum atomic E-state index is -1.73. The van der Waals surface area contributed by atoms with E-state index in [-0.39, 0.29) is 36.4 Å². The van der Waals surface area contributed by atoms with E-state index in [2.05, 4.69) is 39.0 Å². The Balaban J connectivity index is 2.21. The quantitative estimate of drug-likeness (QED) is 0.760. The Bertz CT molecular complexity index is 1090. The van der Waals surface area contributed by atoms with Gasteiger partial charge in [0.15, 0.2) is 5.41 Å². The Labute approximate surface area is 189 Å². The number of carbonyl (C=O) groups is 1. The predicted molar refractivity (Wildman–Crippen MR) is 119 cm³/mol. The number of amides is 1. The summed E-state index contributed by atoms with van der Waals surface area (Å²) in [5.74, 6) is -1.10. The van der Waals surface area contributed by atoms with Gasteiger partial charge in [-0.05, 0) is 29.0 Å². The first-order valence-electron chi connectivity index (χ1n) is 10.6. The number of ether oxygens (including phenoxy) is 1. The highest BCUT2D eigenvalue weighted by Gasteiger charge is 2.54. The van der Waals surface area contributed by atoms with Gasteiger partial charge in [-0.25, -0.2) is 4.79 Å². The number of allylic oxidation sites excluding steroid dienone is 2. The smallest absolute Gasteiger partial charge is 0.410 e. The number of carbonyl (C=O) groups excluding carboxylic acids is 1. The van der Waals surface area contributed by atoms with Crippen molar-refractivity contribution in [2.45, 2.75) is 39.0 Å². The van der Waals surface area contributed by atoms with E-state index >= 15 is 0 Å². The number of rotatable bonds is 2. The van der Waals surface area contributed by atoms with Gasteiger partial charge in [0.25, 0.3) is 0 Å². The van der Waals surface area contributed by atoms with Crippen molar-refractivity contribution in [2.24, 2.45) is 17.1 Å². The van der Waals surface area contributed by atoms with Crippen molar-refractivity contribution in [3.63, 3.8) is 0 Å². The van der Waals surface area contributed by atoms with E-state index in [4.69, 9.17) is 10.5 Å². The van der Waals surface area contributed by atoms with Crippen molar-refractivity contribution >= 4 is 6.09 Å². The maximum absolute atomic E-state index is 12.4. The molecule has 164 valence electrons. The lowest BCUT2D eigenvalue weighted by Crippen LogP contribution is -2.49. The van der Waals surface area contributed by atoms with E-state index in [0.717, 1.165) is 11.1 Å². The van der Waals surface area contributed by atoms with Gasteiger partial charge in [-0.3, -0.25) is 0 Å². The molecule has 0 fully saturated rings. The summed E-state index contributed by atoms with van der Waals surface area (Å²) >= 11 is 0. The van der Waals surface area contributed by atoms with Crippen LogP contribution in [0.2, 0.25) is 0 Å². The standard InChI is InChI=1S/C25H27N5O2/c1-5-32-23(31)30-11-10-18-19(12-26)22(29)25(14-27,15-28)21(20(18)13-30)16-6-8-17(9-7-16)24(2,3)4/h6-10,20-21H,5,11,13,29H2,1-4H3/t20-,21+/m0/s1. The molecule has 1 aliphatic carbocycles. The van der Waals surface area contributed by atoms with Gasteiger partial charge < -0.3 is 15.4 Å². The van der Waals surface area contributed by atoms with Gasteiger partial charge in [0, 0.05) is 24.9 Å². The first-order valence-corrected chi connectivity index (χ1v) is 10.6. The fraction of sp³-hybridized carbons (Fsp3) is 0.440. The summed E-state index contributed by atoms with van der Waals surface area (Å²) in [4.78, 5) is 14.0. The zero-order valence-electron chi connectivity index (χ0n) is 18.8. The lowest BCUT2D eigenvalue weighted by atomic mass is 9.58. The molecule has 1 aromatic rings. The molecule has 1 heterocycles. The van der Waals surface area contributed by atoms with Gasteiger partial charge in [-0.1, -0.05) is 51.1 Å². The van der Waals surface area contributed by atoms with Crippen LogP contribution in [0.25, 0.3) is 0 Å². The Kier molecular flexibility index (Phi) is 6.02. The maximum atomic E-state index is 12.4. The number of nitrogens with two attached hydrogens (primary N) is 1. The fourth-order valence-corrected chi connectivity index (χ4v) is 4.61. The molecule has 1 amide bonds. The third-order valence-electron chi connectivity index (χ3n) is 6.33. The first kappa shape index (κ1) is 22.9. The van der Waals surface area contributed by atoms with Crippen LogP contribution < -0.4 is 5.73 Å². The van der Waals surface area contributed by atoms with Crippen LogP contribution in [0.1, 0.15) is 44.7 Å². The zero-order chi connectivity index (χ0) is 23.7. The molecule has 0 aromatic heterocycles. The molecular formula is C25H27N5O2. The largest absolute Gasteiger partial charge is 0.450 e. The minimum absolute atomic E-state index is 0.0259. The van der Waals surface area contributed by atoms with Crippen molar-refractivity contribution in [3.05, 3.63) is 58.3 Å². The van der Waals surface area contributed by atoms with E-state index in [0.29, 0.717) is 5.57 Å². The molecule has 1 aliphatic heterocycles. The molecular weight excluding hydrogens is 402 g/mol. The molecule has 7 heteroatoms. The number of hydrogen-bond acceptors (Lipinski definition) is 6. The van der Waals surface area contributed by atoms with Gasteiger partial charge in [0.05, 0.1) is 30.0 Å². The molecule has 2 aliphatic rings. The van der Waals surface area contributed by atoms with Gasteiger partial charge in [0.1, 0.15) is 6.07 Å². The summed E-state index contributed by atoms with van der Waals surface area (Å²) < 4.78 is 5.16. The van der Waals surface area contributed by atoms with Gasteiger partial charge in [0.2, 0.25) is 0 Å². The van der Waals surface area contributed by atoms with Gasteiger partial charge >= 0.3 is 6.09 Å². The second-order valence-corrected chi connectivity index (χ2v) is 9.15. The number of benzene rings is 1. The topological polar surface area (TPSA) is 127 Å². The molecule has 0 saturated carbocycles. The van der Waals surface area contributed by atoms with Crippen molar-refractivity contribution < 1.29 is 9.53 Å². The van der Waals surface area contributed by atoms with E-state index < -0.39 is 23.3 Å². The lowest BCUT2D eigenvalue weighted by Gasteiger charge is -2.45. The average molecular weight is 430 g/mol. The normalized spacial score (nSPS) is 22.0. The van der Waals surface area contributed by atoms with Crippen LogP contribution in [0.5, 0.6) is 0 Å². The molecule has 0 saturated heterocycles. The molecule has 2 atom stereocenters. The highest BCUT2D eigenvalue weighted by molar-refractivity contribution is 5.69. The fourth-order valence-electron chi connectivity index (χ4n) is 4.61. The Hall–Kier alpha value is -3.76. The number of hydrogen-bond donors (Lipinski definition) is 1. The summed E-state index contributed by atoms with van der Waals surface area (Å²) in [7, 11) is 0. The number of nitrogens with zero attached hydrogens (tertiary/aromatic N) is 4. The van der Waals surface area contributed by atoms with E-state index in [9.17, 15) is 20.6 Å². The van der Waals surface area contributed by atoms with Crippen molar-refractivity contribution in [1.82, 2.24) is 4.90 Å². The summed E-state index contributed by atoms with van der Waals surface area (Å²) in [5, 5.41) is 30.2. The Morgan fingerprint density at radius 2 is 1.84 bits per heavy atom. The highest BCUT2D eigenvalue weighted by Crippen LogP contribution is 2.54. The second kappa shape index (κ2) is 8.40. The molecule has 1 aromatic carbocycles. The van der Waals surface area contributed by atoms with Crippen molar-refractivity contribution in [2.75, 3.05) is 19.7 Å². The third kappa shape index (κ3) is 3.59. The Morgan fingerprint density at radius 1 is 1.22 bits per heavy atom. The van der Waals surface area contributed by atoms with E-state index in [1.807, 2.05) is 24.3 Å².